The Morgan fingerprint density at radius 1 is 1.18 bits per heavy atom. The molecule has 112 valence electrons. The fourth-order valence-electron chi connectivity index (χ4n) is 2.34. The summed E-state index contributed by atoms with van der Waals surface area (Å²) in [5, 5.41) is 23.4. The van der Waals surface area contributed by atoms with Gasteiger partial charge in [-0.1, -0.05) is 44.2 Å². The predicted molar refractivity (Wildman–Crippen MR) is 85.5 cm³/mol. The second-order valence-electron chi connectivity index (χ2n) is 5.38. The van der Waals surface area contributed by atoms with Crippen molar-refractivity contribution in [2.75, 3.05) is 5.32 Å². The van der Waals surface area contributed by atoms with Crippen LogP contribution in [0.4, 0.5) is 11.4 Å². The van der Waals surface area contributed by atoms with E-state index in [-0.39, 0.29) is 23.2 Å². The number of nitro groups is 1. The van der Waals surface area contributed by atoms with Gasteiger partial charge in [-0.3, -0.25) is 10.1 Å². The third kappa shape index (κ3) is 3.41. The molecule has 0 amide bonds. The maximum Gasteiger partial charge on any atom is 0.293 e. The summed E-state index contributed by atoms with van der Waals surface area (Å²) < 4.78 is 0. The molecule has 2 aromatic rings. The van der Waals surface area contributed by atoms with Gasteiger partial charge in [0, 0.05) is 6.07 Å². The fourth-order valence-corrected chi connectivity index (χ4v) is 2.34. The van der Waals surface area contributed by atoms with Gasteiger partial charge in [-0.05, 0) is 23.6 Å². The molecule has 0 bridgehead atoms. The first kappa shape index (κ1) is 15.5. The normalized spacial score (nSPS) is 11.7. The first-order chi connectivity index (χ1) is 10.5. The van der Waals surface area contributed by atoms with Gasteiger partial charge in [0.15, 0.2) is 0 Å². The van der Waals surface area contributed by atoms with Gasteiger partial charge in [-0.2, -0.15) is 5.26 Å². The van der Waals surface area contributed by atoms with Gasteiger partial charge >= 0.3 is 0 Å². The van der Waals surface area contributed by atoms with E-state index in [4.69, 9.17) is 5.26 Å². The highest BCUT2D eigenvalue weighted by molar-refractivity contribution is 5.64. The van der Waals surface area contributed by atoms with Crippen LogP contribution < -0.4 is 5.32 Å². The molecule has 22 heavy (non-hydrogen) atoms. The number of hydrogen-bond donors (Lipinski definition) is 1. The zero-order valence-electron chi connectivity index (χ0n) is 12.5. The average Bonchev–Trinajstić information content (AvgIpc) is 2.53. The van der Waals surface area contributed by atoms with Crippen molar-refractivity contribution >= 4 is 11.4 Å². The van der Waals surface area contributed by atoms with Gasteiger partial charge in [0.25, 0.3) is 5.69 Å². The zero-order chi connectivity index (χ0) is 16.1. The van der Waals surface area contributed by atoms with Crippen LogP contribution in [0.25, 0.3) is 0 Å². The Balaban J connectivity index is 2.39. The Morgan fingerprint density at radius 2 is 1.86 bits per heavy atom. The summed E-state index contributed by atoms with van der Waals surface area (Å²) in [6.07, 6.45) is 0. The van der Waals surface area contributed by atoms with Crippen molar-refractivity contribution in [2.45, 2.75) is 19.9 Å². The van der Waals surface area contributed by atoms with Crippen LogP contribution >= 0.6 is 0 Å². The van der Waals surface area contributed by atoms with E-state index in [0.29, 0.717) is 5.69 Å². The molecular weight excluding hydrogens is 278 g/mol. The number of rotatable bonds is 5. The molecule has 0 aliphatic carbocycles. The molecule has 0 fully saturated rings. The number of nitro benzene ring substituents is 1. The predicted octanol–water partition coefficient (Wildman–Crippen LogP) is 4.28. The molecule has 2 rings (SSSR count). The van der Waals surface area contributed by atoms with Crippen LogP contribution in [0.1, 0.15) is 31.0 Å². The van der Waals surface area contributed by atoms with Crippen LogP contribution in [0.3, 0.4) is 0 Å². The minimum atomic E-state index is -0.467. The summed E-state index contributed by atoms with van der Waals surface area (Å²) in [6.45, 7) is 4.11. The highest BCUT2D eigenvalue weighted by Gasteiger charge is 2.21. The van der Waals surface area contributed by atoms with Crippen LogP contribution in [-0.4, -0.2) is 4.92 Å². The van der Waals surface area contributed by atoms with Crippen LogP contribution in [0.2, 0.25) is 0 Å². The van der Waals surface area contributed by atoms with Crippen LogP contribution in [0, 0.1) is 27.4 Å². The molecule has 2 aromatic carbocycles. The Hall–Kier alpha value is -2.87. The largest absolute Gasteiger partial charge is 0.372 e. The molecule has 1 N–H and O–H groups in total. The molecule has 1 unspecified atom stereocenters. The van der Waals surface area contributed by atoms with Gasteiger partial charge in [0.1, 0.15) is 5.69 Å². The Kier molecular flexibility index (Phi) is 4.74. The van der Waals surface area contributed by atoms with Crippen molar-refractivity contribution < 1.29 is 4.92 Å². The van der Waals surface area contributed by atoms with E-state index in [1.165, 1.54) is 6.07 Å². The Bertz CT molecular complexity index is 706. The summed E-state index contributed by atoms with van der Waals surface area (Å²) in [4.78, 5) is 10.8. The minimum Gasteiger partial charge on any atom is -0.372 e. The van der Waals surface area contributed by atoms with E-state index >= 15 is 0 Å². The average molecular weight is 295 g/mol. The first-order valence-corrected chi connectivity index (χ1v) is 7.03. The lowest BCUT2D eigenvalue weighted by molar-refractivity contribution is -0.384. The van der Waals surface area contributed by atoms with E-state index in [1.54, 1.807) is 12.1 Å². The van der Waals surface area contributed by atoms with E-state index < -0.39 is 4.92 Å². The molecule has 0 aliphatic rings. The highest BCUT2D eigenvalue weighted by Crippen LogP contribution is 2.32. The maximum absolute atomic E-state index is 11.2. The third-order valence-electron chi connectivity index (χ3n) is 3.46. The summed E-state index contributed by atoms with van der Waals surface area (Å²) in [5.74, 6) is 0.248. The van der Waals surface area contributed by atoms with Crippen molar-refractivity contribution in [3.05, 3.63) is 69.8 Å². The van der Waals surface area contributed by atoms with E-state index in [9.17, 15) is 10.1 Å². The second kappa shape index (κ2) is 6.72. The number of benzene rings is 2. The smallest absolute Gasteiger partial charge is 0.293 e. The van der Waals surface area contributed by atoms with Crippen molar-refractivity contribution in [2.24, 2.45) is 5.92 Å². The molecule has 0 aliphatic heterocycles. The zero-order valence-corrected chi connectivity index (χ0v) is 12.5. The summed E-state index contributed by atoms with van der Waals surface area (Å²) >= 11 is 0. The second-order valence-corrected chi connectivity index (χ2v) is 5.38. The molecule has 0 saturated heterocycles. The Labute approximate surface area is 129 Å². The van der Waals surface area contributed by atoms with Gasteiger partial charge in [0.05, 0.1) is 22.6 Å². The van der Waals surface area contributed by atoms with Crippen LogP contribution in [-0.2, 0) is 0 Å². The van der Waals surface area contributed by atoms with E-state index in [1.807, 2.05) is 36.4 Å². The molecular formula is C17H17N3O2. The van der Waals surface area contributed by atoms with Crippen LogP contribution in [0.15, 0.2) is 48.5 Å². The van der Waals surface area contributed by atoms with E-state index in [2.05, 4.69) is 19.2 Å². The maximum atomic E-state index is 11.2. The molecule has 5 heteroatoms. The molecule has 0 heterocycles. The molecule has 5 nitrogen and oxygen atoms in total. The number of hydrogen-bond acceptors (Lipinski definition) is 4. The van der Waals surface area contributed by atoms with E-state index in [0.717, 1.165) is 5.56 Å². The minimum absolute atomic E-state index is 0.0483. The molecule has 0 saturated carbocycles. The lowest BCUT2D eigenvalue weighted by Crippen LogP contribution is -2.17. The fraction of sp³-hybridized carbons (Fsp3) is 0.235. The number of nitriles is 1. The lowest BCUT2D eigenvalue weighted by atomic mass is 9.95. The summed E-state index contributed by atoms with van der Waals surface area (Å²) in [6, 6.07) is 16.2. The monoisotopic (exact) mass is 295 g/mol. The number of nitrogens with one attached hydrogen (secondary N) is 1. The van der Waals surface area contributed by atoms with Gasteiger partial charge in [0.2, 0.25) is 0 Å². The molecule has 0 spiro atoms. The summed E-state index contributed by atoms with van der Waals surface area (Å²) in [5.41, 5.74) is 1.68. The van der Waals surface area contributed by atoms with Crippen molar-refractivity contribution in [1.82, 2.24) is 0 Å². The van der Waals surface area contributed by atoms with Crippen molar-refractivity contribution in [3.8, 4) is 6.07 Å². The molecule has 1 atom stereocenters. The lowest BCUT2D eigenvalue weighted by Gasteiger charge is -2.24. The number of anilines is 1. The quantitative estimate of drug-likeness (QED) is 0.659. The van der Waals surface area contributed by atoms with Gasteiger partial charge in [-0.25, -0.2) is 0 Å². The molecule has 0 aromatic heterocycles. The Morgan fingerprint density at radius 3 is 2.41 bits per heavy atom. The third-order valence-corrected chi connectivity index (χ3v) is 3.46. The molecule has 0 radical (unpaired) electrons. The van der Waals surface area contributed by atoms with Crippen molar-refractivity contribution in [1.29, 1.82) is 5.26 Å². The topological polar surface area (TPSA) is 79.0 Å². The van der Waals surface area contributed by atoms with Crippen LogP contribution in [0.5, 0.6) is 0 Å². The number of nitrogens with zero attached hydrogens (tertiary/aromatic N) is 2. The van der Waals surface area contributed by atoms with Gasteiger partial charge in [-0.15, -0.1) is 0 Å². The summed E-state index contributed by atoms with van der Waals surface area (Å²) in [7, 11) is 0. The van der Waals surface area contributed by atoms with Gasteiger partial charge < -0.3 is 5.32 Å². The standard InChI is InChI=1S/C17H17N3O2/c1-12(2)17(14-6-4-3-5-7-14)19-15-9-8-13(11-18)10-16(15)20(21)22/h3-10,12,17,19H,1-2H3. The SMILES string of the molecule is CC(C)C(Nc1ccc(C#N)cc1[N+](=O)[O-])c1ccccc1. The highest BCUT2D eigenvalue weighted by atomic mass is 16.6. The van der Waals surface area contributed by atoms with Crippen molar-refractivity contribution in [3.63, 3.8) is 0 Å². The first-order valence-electron chi connectivity index (χ1n) is 7.03.